The van der Waals surface area contributed by atoms with Gasteiger partial charge in [-0.1, -0.05) is 18.2 Å². The number of carboxylic acid groups (broad SMARTS) is 1. The summed E-state index contributed by atoms with van der Waals surface area (Å²) in [7, 11) is 1.55. The first-order chi connectivity index (χ1) is 10.1. The molecule has 0 aromatic heterocycles. The number of allylic oxidation sites excluding steroid dienone is 2. The molecule has 1 saturated carbocycles. The first kappa shape index (κ1) is 13.7. The van der Waals surface area contributed by atoms with Crippen molar-refractivity contribution in [3.8, 4) is 5.75 Å². The van der Waals surface area contributed by atoms with Crippen molar-refractivity contribution >= 4 is 17.6 Å². The van der Waals surface area contributed by atoms with Gasteiger partial charge in [-0.3, -0.25) is 4.79 Å². The molecule has 1 aromatic carbocycles. The second-order valence-corrected chi connectivity index (χ2v) is 5.54. The molecule has 0 aliphatic heterocycles. The Bertz CT molecular complexity index is 610. The zero-order chi connectivity index (χ0) is 15.0. The van der Waals surface area contributed by atoms with Gasteiger partial charge in [0.2, 0.25) is 5.91 Å². The summed E-state index contributed by atoms with van der Waals surface area (Å²) in [5.41, 5.74) is 0.600. The Morgan fingerprint density at radius 3 is 2.62 bits per heavy atom. The number of methoxy groups -OCH3 is 1. The molecule has 0 radical (unpaired) electrons. The molecule has 5 heteroatoms. The molecular formula is C16H16NO4-. The van der Waals surface area contributed by atoms with Crippen molar-refractivity contribution in [2.24, 2.45) is 23.7 Å². The maximum atomic E-state index is 12.4. The number of hydrogen-bond acceptors (Lipinski definition) is 4. The Morgan fingerprint density at radius 1 is 1.24 bits per heavy atom. The van der Waals surface area contributed by atoms with Gasteiger partial charge in [-0.15, -0.1) is 0 Å². The summed E-state index contributed by atoms with van der Waals surface area (Å²) in [6.45, 7) is 0. The third kappa shape index (κ3) is 2.39. The van der Waals surface area contributed by atoms with Crippen molar-refractivity contribution in [3.63, 3.8) is 0 Å². The summed E-state index contributed by atoms with van der Waals surface area (Å²) in [5.74, 6) is -2.16. The minimum atomic E-state index is -1.14. The zero-order valence-corrected chi connectivity index (χ0v) is 11.6. The highest BCUT2D eigenvalue weighted by molar-refractivity contribution is 5.96. The zero-order valence-electron chi connectivity index (χ0n) is 11.6. The van der Waals surface area contributed by atoms with Crippen molar-refractivity contribution in [2.45, 2.75) is 6.42 Å². The van der Waals surface area contributed by atoms with Gasteiger partial charge in [0.15, 0.2) is 0 Å². The SMILES string of the molecule is COc1cccc(NC(=O)[C@H]2[C@@H](C(=O)[O-])[C@@H]3C=C[C@H]2C3)c1. The predicted molar refractivity (Wildman–Crippen MR) is 74.3 cm³/mol. The van der Waals surface area contributed by atoms with Gasteiger partial charge in [-0.2, -0.15) is 0 Å². The second-order valence-electron chi connectivity index (χ2n) is 5.54. The van der Waals surface area contributed by atoms with Gasteiger partial charge in [0.05, 0.1) is 13.0 Å². The largest absolute Gasteiger partial charge is 0.550 e. The number of nitrogens with one attached hydrogen (secondary N) is 1. The molecular weight excluding hydrogens is 270 g/mol. The van der Waals surface area contributed by atoms with E-state index in [1.807, 2.05) is 12.2 Å². The molecule has 2 aliphatic rings. The Labute approximate surface area is 122 Å². The van der Waals surface area contributed by atoms with Gasteiger partial charge in [0.1, 0.15) is 5.75 Å². The first-order valence-corrected chi connectivity index (χ1v) is 6.94. The number of hydrogen-bond donors (Lipinski definition) is 1. The Hall–Kier alpha value is -2.30. The summed E-state index contributed by atoms with van der Waals surface area (Å²) in [4.78, 5) is 23.8. The highest BCUT2D eigenvalue weighted by atomic mass is 16.5. The Morgan fingerprint density at radius 2 is 1.95 bits per heavy atom. The van der Waals surface area contributed by atoms with E-state index in [1.54, 1.807) is 31.4 Å². The fourth-order valence-corrected chi connectivity index (χ4v) is 3.43. The third-order valence-electron chi connectivity index (χ3n) is 4.37. The summed E-state index contributed by atoms with van der Waals surface area (Å²) in [5, 5.41) is 14.1. The molecule has 0 unspecified atom stereocenters. The van der Waals surface area contributed by atoms with Crippen LogP contribution in [0, 0.1) is 23.7 Å². The molecule has 1 amide bonds. The first-order valence-electron chi connectivity index (χ1n) is 6.94. The summed E-state index contributed by atoms with van der Waals surface area (Å²) in [6, 6.07) is 7.00. The molecule has 1 aromatic rings. The Balaban J connectivity index is 1.78. The molecule has 21 heavy (non-hydrogen) atoms. The monoisotopic (exact) mass is 286 g/mol. The van der Waals surface area contributed by atoms with E-state index in [0.29, 0.717) is 11.4 Å². The van der Waals surface area contributed by atoms with Crippen LogP contribution in [0.4, 0.5) is 5.69 Å². The lowest BCUT2D eigenvalue weighted by Crippen LogP contribution is -2.42. The Kier molecular flexibility index (Phi) is 3.41. The highest BCUT2D eigenvalue weighted by Gasteiger charge is 2.48. The number of fused-ring (bicyclic) bond motifs is 2. The number of benzene rings is 1. The van der Waals surface area contributed by atoms with Crippen LogP contribution >= 0.6 is 0 Å². The topological polar surface area (TPSA) is 78.5 Å². The fraction of sp³-hybridized carbons (Fsp3) is 0.375. The number of ether oxygens (including phenoxy) is 1. The highest BCUT2D eigenvalue weighted by Crippen LogP contribution is 2.48. The van der Waals surface area contributed by atoms with Gasteiger partial charge in [-0.25, -0.2) is 0 Å². The van der Waals surface area contributed by atoms with E-state index in [1.165, 1.54) is 0 Å². The van der Waals surface area contributed by atoms with Crippen LogP contribution in [-0.2, 0) is 9.59 Å². The van der Waals surface area contributed by atoms with E-state index in [0.717, 1.165) is 6.42 Å². The van der Waals surface area contributed by atoms with Gasteiger partial charge in [0, 0.05) is 23.6 Å². The van der Waals surface area contributed by atoms with Crippen LogP contribution in [0.1, 0.15) is 6.42 Å². The molecule has 1 fully saturated rings. The van der Waals surface area contributed by atoms with Gasteiger partial charge in [0.25, 0.3) is 0 Å². The molecule has 0 spiro atoms. The molecule has 2 bridgehead atoms. The molecule has 0 heterocycles. The van der Waals surface area contributed by atoms with Gasteiger partial charge >= 0.3 is 0 Å². The van der Waals surface area contributed by atoms with E-state index in [4.69, 9.17) is 4.74 Å². The van der Waals surface area contributed by atoms with Crippen molar-refractivity contribution in [2.75, 3.05) is 12.4 Å². The lowest BCUT2D eigenvalue weighted by molar-refractivity contribution is -0.313. The van der Waals surface area contributed by atoms with Crippen LogP contribution in [0.5, 0.6) is 5.75 Å². The number of aliphatic carboxylic acids is 1. The quantitative estimate of drug-likeness (QED) is 0.831. The summed E-state index contributed by atoms with van der Waals surface area (Å²) >= 11 is 0. The van der Waals surface area contributed by atoms with E-state index in [9.17, 15) is 14.7 Å². The number of carboxylic acids is 1. The fourth-order valence-electron chi connectivity index (χ4n) is 3.43. The molecule has 5 nitrogen and oxygen atoms in total. The minimum Gasteiger partial charge on any atom is -0.550 e. The normalized spacial score (nSPS) is 29.4. The van der Waals surface area contributed by atoms with E-state index >= 15 is 0 Å². The number of carbonyl (C=O) groups excluding carboxylic acids is 2. The van der Waals surface area contributed by atoms with Crippen molar-refractivity contribution in [3.05, 3.63) is 36.4 Å². The maximum absolute atomic E-state index is 12.4. The van der Waals surface area contributed by atoms with Crippen LogP contribution in [0.3, 0.4) is 0 Å². The average Bonchev–Trinajstić information content (AvgIpc) is 3.07. The van der Waals surface area contributed by atoms with Crippen molar-refractivity contribution in [1.29, 1.82) is 0 Å². The number of amides is 1. The number of carbonyl (C=O) groups is 2. The third-order valence-corrected chi connectivity index (χ3v) is 4.37. The minimum absolute atomic E-state index is 0.0106. The summed E-state index contributed by atoms with van der Waals surface area (Å²) in [6.07, 6.45) is 4.55. The standard InChI is InChI=1S/C16H17NO4/c1-21-12-4-2-3-11(8-12)17-15(18)13-9-5-6-10(7-9)14(13)16(19)20/h2-6,8-10,13-14H,7H2,1H3,(H,17,18)(H,19,20)/p-1/t9-,10+,13+,14-/m0/s1. The average molecular weight is 286 g/mol. The number of rotatable bonds is 4. The molecule has 4 atom stereocenters. The molecule has 2 aliphatic carbocycles. The van der Waals surface area contributed by atoms with Gasteiger partial charge in [-0.05, 0) is 30.4 Å². The molecule has 0 saturated heterocycles. The van der Waals surface area contributed by atoms with Crippen molar-refractivity contribution < 1.29 is 19.4 Å². The van der Waals surface area contributed by atoms with Crippen LogP contribution in [0.25, 0.3) is 0 Å². The van der Waals surface area contributed by atoms with Crippen LogP contribution < -0.4 is 15.2 Å². The van der Waals surface area contributed by atoms with E-state index < -0.39 is 17.8 Å². The molecule has 1 N–H and O–H groups in total. The van der Waals surface area contributed by atoms with E-state index in [2.05, 4.69) is 5.32 Å². The summed E-state index contributed by atoms with van der Waals surface area (Å²) < 4.78 is 5.10. The van der Waals surface area contributed by atoms with Crippen molar-refractivity contribution in [1.82, 2.24) is 0 Å². The predicted octanol–water partition coefficient (Wildman–Crippen LogP) is 0.822. The number of anilines is 1. The lowest BCUT2D eigenvalue weighted by Gasteiger charge is -2.27. The maximum Gasteiger partial charge on any atom is 0.228 e. The van der Waals surface area contributed by atoms with Crippen LogP contribution in [0.15, 0.2) is 36.4 Å². The van der Waals surface area contributed by atoms with Gasteiger partial charge < -0.3 is 20.0 Å². The van der Waals surface area contributed by atoms with Crippen LogP contribution in [0.2, 0.25) is 0 Å². The second kappa shape index (κ2) is 5.24. The lowest BCUT2D eigenvalue weighted by atomic mass is 9.82. The molecule has 110 valence electrons. The van der Waals surface area contributed by atoms with Crippen LogP contribution in [-0.4, -0.2) is 19.0 Å². The smallest absolute Gasteiger partial charge is 0.228 e. The van der Waals surface area contributed by atoms with E-state index in [-0.39, 0.29) is 17.7 Å². The molecule has 3 rings (SSSR count).